The van der Waals surface area contributed by atoms with Gasteiger partial charge < -0.3 is 11.1 Å². The molecule has 1 aromatic rings. The maximum Gasteiger partial charge on any atom is 0.119 e. The highest BCUT2D eigenvalue weighted by atomic mass is 19.1. The molecule has 3 N–H and O–H groups in total. The topological polar surface area (TPSA) is 50.9 Å². The number of halogens is 1. The number of nitrogens with two attached hydrogens (primary N) is 1. The van der Waals surface area contributed by atoms with Crippen molar-refractivity contribution in [2.75, 3.05) is 12.3 Å². The molecule has 16 heavy (non-hydrogen) atoms. The van der Waals surface area contributed by atoms with Gasteiger partial charge in [-0.05, 0) is 31.0 Å². The van der Waals surface area contributed by atoms with Crippen molar-refractivity contribution >= 4 is 5.69 Å². The zero-order valence-corrected chi connectivity index (χ0v) is 9.32. The van der Waals surface area contributed by atoms with Crippen LogP contribution in [0.1, 0.15) is 24.8 Å². The van der Waals surface area contributed by atoms with Crippen molar-refractivity contribution in [3.63, 3.8) is 0 Å². The summed E-state index contributed by atoms with van der Waals surface area (Å²) in [5, 5.41) is 3.22. The highest BCUT2D eigenvalue weighted by molar-refractivity contribution is 5.44. The zero-order valence-electron chi connectivity index (χ0n) is 9.32. The van der Waals surface area contributed by atoms with Crippen molar-refractivity contribution in [1.29, 1.82) is 0 Å². The summed E-state index contributed by atoms with van der Waals surface area (Å²) >= 11 is 0. The van der Waals surface area contributed by atoms with Crippen LogP contribution >= 0.6 is 0 Å². The van der Waals surface area contributed by atoms with Crippen LogP contribution in [0.2, 0.25) is 0 Å². The summed E-state index contributed by atoms with van der Waals surface area (Å²) < 4.78 is 14.0. The van der Waals surface area contributed by atoms with E-state index in [4.69, 9.17) is 5.73 Å². The largest absolute Gasteiger partial charge is 0.398 e. The van der Waals surface area contributed by atoms with Gasteiger partial charge in [0.2, 0.25) is 0 Å². The summed E-state index contributed by atoms with van der Waals surface area (Å²) in [6, 6.07) is 1.70. The molecule has 1 fully saturated rings. The van der Waals surface area contributed by atoms with Crippen LogP contribution in [0.15, 0.2) is 18.5 Å². The molecule has 0 aliphatic carbocycles. The normalized spacial score (nSPS) is 22.9. The van der Waals surface area contributed by atoms with Crippen LogP contribution < -0.4 is 11.1 Å². The number of hydrogen-bond acceptors (Lipinski definition) is 3. The number of pyridine rings is 1. The van der Waals surface area contributed by atoms with Crippen molar-refractivity contribution in [2.45, 2.75) is 37.9 Å². The third-order valence-corrected chi connectivity index (χ3v) is 3.14. The zero-order chi connectivity index (χ0) is 11.4. The van der Waals surface area contributed by atoms with E-state index >= 15 is 0 Å². The van der Waals surface area contributed by atoms with Crippen LogP contribution in [0.25, 0.3) is 0 Å². The van der Waals surface area contributed by atoms with Gasteiger partial charge in [-0.15, -0.1) is 0 Å². The third kappa shape index (κ3) is 2.70. The van der Waals surface area contributed by atoms with E-state index in [1.54, 1.807) is 18.5 Å². The molecule has 2 atom stereocenters. The van der Waals surface area contributed by atoms with E-state index in [0.29, 0.717) is 12.1 Å². The van der Waals surface area contributed by atoms with Crippen LogP contribution in [0.3, 0.4) is 0 Å². The summed E-state index contributed by atoms with van der Waals surface area (Å²) in [6.45, 7) is 0.924. The molecule has 1 aromatic heterocycles. The first-order valence-corrected chi connectivity index (χ1v) is 5.83. The van der Waals surface area contributed by atoms with E-state index in [-0.39, 0.29) is 6.04 Å². The third-order valence-electron chi connectivity index (χ3n) is 3.14. The van der Waals surface area contributed by atoms with E-state index in [2.05, 4.69) is 10.3 Å². The van der Waals surface area contributed by atoms with Crippen molar-refractivity contribution in [3.8, 4) is 0 Å². The quantitative estimate of drug-likeness (QED) is 0.819. The van der Waals surface area contributed by atoms with Gasteiger partial charge in [-0.1, -0.05) is 6.42 Å². The SMILES string of the molecule is Nc1ccncc1CC(F)C1CCCCN1. The lowest BCUT2D eigenvalue weighted by atomic mass is 9.96. The van der Waals surface area contributed by atoms with E-state index in [0.717, 1.165) is 31.4 Å². The number of nitrogen functional groups attached to an aromatic ring is 1. The summed E-state index contributed by atoms with van der Waals surface area (Å²) in [5.74, 6) is 0. The Balaban J connectivity index is 1.96. The smallest absolute Gasteiger partial charge is 0.119 e. The van der Waals surface area contributed by atoms with Crippen LogP contribution in [-0.2, 0) is 6.42 Å². The highest BCUT2D eigenvalue weighted by Crippen LogP contribution is 2.19. The second-order valence-electron chi connectivity index (χ2n) is 4.35. The first kappa shape index (κ1) is 11.3. The summed E-state index contributed by atoms with van der Waals surface area (Å²) in [4.78, 5) is 3.98. The number of nitrogens with zero attached hydrogens (tertiary/aromatic N) is 1. The lowest BCUT2D eigenvalue weighted by Crippen LogP contribution is -2.42. The lowest BCUT2D eigenvalue weighted by molar-refractivity contribution is 0.217. The maximum atomic E-state index is 14.0. The fourth-order valence-corrected chi connectivity index (χ4v) is 2.15. The molecule has 3 nitrogen and oxygen atoms in total. The minimum absolute atomic E-state index is 0.0200. The lowest BCUT2D eigenvalue weighted by Gasteiger charge is -2.26. The number of anilines is 1. The van der Waals surface area contributed by atoms with Gasteiger partial charge in [0.05, 0.1) is 0 Å². The van der Waals surface area contributed by atoms with E-state index in [1.807, 2.05) is 0 Å². The van der Waals surface area contributed by atoms with E-state index in [9.17, 15) is 4.39 Å². The Hall–Kier alpha value is -1.16. The Morgan fingerprint density at radius 3 is 3.12 bits per heavy atom. The van der Waals surface area contributed by atoms with Gasteiger partial charge in [0, 0.05) is 30.5 Å². The summed E-state index contributed by atoms with van der Waals surface area (Å²) in [6.07, 6.45) is 5.96. The first-order valence-electron chi connectivity index (χ1n) is 5.83. The molecule has 0 saturated carbocycles. The molecule has 1 saturated heterocycles. The molecule has 0 amide bonds. The predicted octanol–water partition coefficient (Wildman–Crippen LogP) is 1.69. The van der Waals surface area contributed by atoms with Crippen LogP contribution in [0.4, 0.5) is 10.1 Å². The molecule has 1 aliphatic rings. The molecule has 88 valence electrons. The van der Waals surface area contributed by atoms with E-state index < -0.39 is 6.17 Å². The van der Waals surface area contributed by atoms with Crippen molar-refractivity contribution in [2.24, 2.45) is 0 Å². The minimum Gasteiger partial charge on any atom is -0.398 e. The average molecular weight is 223 g/mol. The van der Waals surface area contributed by atoms with Crippen LogP contribution in [-0.4, -0.2) is 23.7 Å². The van der Waals surface area contributed by atoms with E-state index in [1.165, 1.54) is 0 Å². The number of aromatic nitrogens is 1. The second-order valence-corrected chi connectivity index (χ2v) is 4.35. The van der Waals surface area contributed by atoms with Crippen molar-refractivity contribution in [3.05, 3.63) is 24.0 Å². The highest BCUT2D eigenvalue weighted by Gasteiger charge is 2.23. The fourth-order valence-electron chi connectivity index (χ4n) is 2.15. The molecule has 2 unspecified atom stereocenters. The Labute approximate surface area is 95.3 Å². The average Bonchev–Trinajstić information content (AvgIpc) is 2.33. The molecule has 1 aliphatic heterocycles. The van der Waals surface area contributed by atoms with Crippen LogP contribution in [0, 0.1) is 0 Å². The van der Waals surface area contributed by atoms with Gasteiger partial charge in [-0.25, -0.2) is 4.39 Å². The minimum atomic E-state index is -0.869. The molecule has 0 spiro atoms. The first-order chi connectivity index (χ1) is 7.77. The summed E-state index contributed by atoms with van der Waals surface area (Å²) in [5.41, 5.74) is 7.21. The Morgan fingerprint density at radius 1 is 1.56 bits per heavy atom. The Kier molecular flexibility index (Phi) is 3.72. The van der Waals surface area contributed by atoms with Gasteiger partial charge in [0.15, 0.2) is 0 Å². The number of rotatable bonds is 3. The molecule has 0 bridgehead atoms. The van der Waals surface area contributed by atoms with Gasteiger partial charge in [-0.3, -0.25) is 4.98 Å². The standard InChI is InChI=1S/C12H18FN3/c13-10(12-3-1-2-5-16-12)7-9-8-15-6-4-11(9)14/h4,6,8,10,12,16H,1-3,5,7H2,(H2,14,15). The molecule has 0 radical (unpaired) electrons. The molecule has 0 aromatic carbocycles. The second kappa shape index (κ2) is 5.25. The molecule has 4 heteroatoms. The molecule has 2 heterocycles. The molecule has 2 rings (SSSR count). The van der Waals surface area contributed by atoms with Crippen LogP contribution in [0.5, 0.6) is 0 Å². The van der Waals surface area contributed by atoms with Gasteiger partial charge in [0.1, 0.15) is 6.17 Å². The van der Waals surface area contributed by atoms with Gasteiger partial charge in [0.25, 0.3) is 0 Å². The summed E-state index contributed by atoms with van der Waals surface area (Å²) in [7, 11) is 0. The van der Waals surface area contributed by atoms with Gasteiger partial charge in [-0.2, -0.15) is 0 Å². The monoisotopic (exact) mass is 223 g/mol. The van der Waals surface area contributed by atoms with Crippen molar-refractivity contribution < 1.29 is 4.39 Å². The molecular weight excluding hydrogens is 205 g/mol. The Morgan fingerprint density at radius 2 is 2.44 bits per heavy atom. The number of piperidine rings is 1. The van der Waals surface area contributed by atoms with Gasteiger partial charge >= 0.3 is 0 Å². The van der Waals surface area contributed by atoms with Crippen molar-refractivity contribution in [1.82, 2.24) is 10.3 Å². The number of hydrogen-bond donors (Lipinski definition) is 2. The number of nitrogens with one attached hydrogen (secondary N) is 1. The maximum absolute atomic E-state index is 14.0. The molecular formula is C12H18FN3. The fraction of sp³-hybridized carbons (Fsp3) is 0.583. The Bertz CT molecular complexity index is 337. The predicted molar refractivity (Wildman–Crippen MR) is 62.9 cm³/mol. The number of alkyl halides is 1.